The molecule has 0 aliphatic rings. The summed E-state index contributed by atoms with van der Waals surface area (Å²) in [5.74, 6) is 0. The van der Waals surface area contributed by atoms with E-state index in [0.29, 0.717) is 0 Å². The minimum Gasteiger partial charge on any atom is -0.308 e. The average molecular weight is 217 g/mol. The lowest BCUT2D eigenvalue weighted by atomic mass is 10.1. The third kappa shape index (κ3) is 1.94. The van der Waals surface area contributed by atoms with Crippen LogP contribution < -0.4 is 5.32 Å². The van der Waals surface area contributed by atoms with Crippen LogP contribution in [0.2, 0.25) is 0 Å². The van der Waals surface area contributed by atoms with Gasteiger partial charge < -0.3 is 5.32 Å². The highest BCUT2D eigenvalue weighted by Crippen LogP contribution is 2.19. The summed E-state index contributed by atoms with van der Waals surface area (Å²) >= 11 is 0. The van der Waals surface area contributed by atoms with E-state index in [2.05, 4.69) is 26.7 Å². The van der Waals surface area contributed by atoms with Gasteiger partial charge in [0, 0.05) is 19.4 Å². The quantitative estimate of drug-likeness (QED) is 0.827. The van der Waals surface area contributed by atoms with Gasteiger partial charge >= 0.3 is 0 Å². The monoisotopic (exact) mass is 217 g/mol. The highest BCUT2D eigenvalue weighted by atomic mass is 15.4. The Morgan fingerprint density at radius 3 is 2.69 bits per heavy atom. The molecule has 0 saturated carbocycles. The van der Waals surface area contributed by atoms with E-state index in [1.165, 1.54) is 0 Å². The van der Waals surface area contributed by atoms with Crippen molar-refractivity contribution in [2.45, 2.75) is 13.0 Å². The lowest BCUT2D eigenvalue weighted by Gasteiger charge is -2.16. The summed E-state index contributed by atoms with van der Waals surface area (Å²) < 4.78 is 1.77. The number of nitrogens with one attached hydrogen (secondary N) is 1. The highest BCUT2D eigenvalue weighted by molar-refractivity contribution is 5.26. The predicted octanol–water partition coefficient (Wildman–Crippen LogP) is 0.827. The number of aromatic nitrogens is 4. The van der Waals surface area contributed by atoms with Crippen molar-refractivity contribution in [1.29, 1.82) is 0 Å². The van der Waals surface area contributed by atoms with Crippen LogP contribution in [0.5, 0.6) is 0 Å². The van der Waals surface area contributed by atoms with Crippen molar-refractivity contribution in [3.63, 3.8) is 0 Å². The van der Waals surface area contributed by atoms with Crippen LogP contribution in [0.25, 0.3) is 0 Å². The zero-order valence-electron chi connectivity index (χ0n) is 9.68. The minimum absolute atomic E-state index is 0.0763. The molecule has 0 radical (unpaired) electrons. The molecule has 5 nitrogen and oxygen atoms in total. The summed E-state index contributed by atoms with van der Waals surface area (Å²) in [6.07, 6.45) is 5.47. The van der Waals surface area contributed by atoms with E-state index in [4.69, 9.17) is 0 Å². The van der Waals surface area contributed by atoms with Gasteiger partial charge in [-0.25, -0.2) is 0 Å². The molecule has 0 fully saturated rings. The van der Waals surface area contributed by atoms with Crippen molar-refractivity contribution in [3.8, 4) is 0 Å². The fourth-order valence-electron chi connectivity index (χ4n) is 1.78. The first-order valence-electron chi connectivity index (χ1n) is 5.15. The van der Waals surface area contributed by atoms with Crippen LogP contribution in [0.15, 0.2) is 24.7 Å². The van der Waals surface area contributed by atoms with Crippen LogP contribution in [0.3, 0.4) is 0 Å². The maximum Gasteiger partial charge on any atom is 0.0799 e. The van der Waals surface area contributed by atoms with E-state index >= 15 is 0 Å². The Balaban J connectivity index is 2.40. The molecule has 0 aliphatic carbocycles. The van der Waals surface area contributed by atoms with Gasteiger partial charge in [0.15, 0.2) is 0 Å². The van der Waals surface area contributed by atoms with Crippen LogP contribution in [-0.4, -0.2) is 27.0 Å². The van der Waals surface area contributed by atoms with Crippen LogP contribution in [0.4, 0.5) is 0 Å². The van der Waals surface area contributed by atoms with E-state index in [0.717, 1.165) is 16.8 Å². The molecule has 1 atom stereocenters. The van der Waals surface area contributed by atoms with E-state index in [1.807, 2.05) is 33.4 Å². The molecule has 0 spiro atoms. The first-order valence-corrected chi connectivity index (χ1v) is 5.15. The van der Waals surface area contributed by atoms with Gasteiger partial charge in [-0.1, -0.05) is 11.3 Å². The molecular formula is C11H15N5. The van der Waals surface area contributed by atoms with E-state index in [9.17, 15) is 0 Å². The Morgan fingerprint density at radius 2 is 2.12 bits per heavy atom. The van der Waals surface area contributed by atoms with E-state index in [1.54, 1.807) is 10.9 Å². The average Bonchev–Trinajstić information content (AvgIpc) is 2.67. The Morgan fingerprint density at radius 1 is 1.31 bits per heavy atom. The molecule has 2 rings (SSSR count). The molecule has 0 saturated heterocycles. The molecule has 0 bridgehead atoms. The van der Waals surface area contributed by atoms with Gasteiger partial charge in [-0.3, -0.25) is 9.67 Å². The predicted molar refractivity (Wildman–Crippen MR) is 60.9 cm³/mol. The van der Waals surface area contributed by atoms with E-state index in [-0.39, 0.29) is 6.04 Å². The molecule has 0 aromatic carbocycles. The molecule has 84 valence electrons. The third-order valence-corrected chi connectivity index (χ3v) is 2.56. The molecule has 1 unspecified atom stereocenters. The maximum atomic E-state index is 4.20. The van der Waals surface area contributed by atoms with Crippen molar-refractivity contribution >= 4 is 0 Å². The lowest BCUT2D eigenvalue weighted by molar-refractivity contribution is 0.596. The largest absolute Gasteiger partial charge is 0.308 e. The second-order valence-corrected chi connectivity index (χ2v) is 3.80. The molecule has 16 heavy (non-hydrogen) atoms. The number of nitrogens with zero attached hydrogens (tertiary/aromatic N) is 4. The van der Waals surface area contributed by atoms with Crippen LogP contribution in [-0.2, 0) is 7.05 Å². The first kappa shape index (κ1) is 10.8. The zero-order chi connectivity index (χ0) is 11.5. The summed E-state index contributed by atoms with van der Waals surface area (Å²) in [6.45, 7) is 2.03. The second-order valence-electron chi connectivity index (χ2n) is 3.80. The summed E-state index contributed by atoms with van der Waals surface area (Å²) in [7, 11) is 3.80. The molecule has 0 amide bonds. The highest BCUT2D eigenvalue weighted by Gasteiger charge is 2.16. The summed E-state index contributed by atoms with van der Waals surface area (Å²) in [6, 6.07) is 2.19. The molecule has 5 heteroatoms. The lowest BCUT2D eigenvalue weighted by Crippen LogP contribution is -2.20. The molecule has 2 aromatic heterocycles. The van der Waals surface area contributed by atoms with Gasteiger partial charge in [0.05, 0.1) is 17.9 Å². The third-order valence-electron chi connectivity index (χ3n) is 2.56. The van der Waals surface area contributed by atoms with E-state index < -0.39 is 0 Å². The summed E-state index contributed by atoms with van der Waals surface area (Å²) in [5.41, 5.74) is 3.29. The zero-order valence-corrected chi connectivity index (χ0v) is 9.68. The van der Waals surface area contributed by atoms with Crippen molar-refractivity contribution < 1.29 is 0 Å². The van der Waals surface area contributed by atoms with Crippen molar-refractivity contribution in [1.82, 2.24) is 25.3 Å². The number of aryl methyl sites for hydroxylation is 2. The minimum atomic E-state index is 0.0763. The second kappa shape index (κ2) is 4.40. The molecule has 1 N–H and O–H groups in total. The molecule has 0 aliphatic heterocycles. The summed E-state index contributed by atoms with van der Waals surface area (Å²) in [4.78, 5) is 4.20. The van der Waals surface area contributed by atoms with Gasteiger partial charge in [-0.05, 0) is 25.1 Å². The molecular weight excluding hydrogens is 202 g/mol. The topological polar surface area (TPSA) is 55.6 Å². The normalized spacial score (nSPS) is 12.7. The Bertz CT molecular complexity index is 477. The van der Waals surface area contributed by atoms with Gasteiger partial charge in [0.25, 0.3) is 0 Å². The number of pyridine rings is 1. The first-order chi connectivity index (χ1) is 7.72. The number of hydrogen-bond acceptors (Lipinski definition) is 4. The van der Waals surface area contributed by atoms with Crippen molar-refractivity contribution in [3.05, 3.63) is 41.5 Å². The fourth-order valence-corrected chi connectivity index (χ4v) is 1.78. The molecule has 2 aromatic rings. The number of rotatable bonds is 3. The van der Waals surface area contributed by atoms with Gasteiger partial charge in [-0.15, -0.1) is 5.10 Å². The van der Waals surface area contributed by atoms with Crippen molar-refractivity contribution in [2.75, 3.05) is 7.05 Å². The fraction of sp³-hybridized carbons (Fsp3) is 0.364. The van der Waals surface area contributed by atoms with Crippen molar-refractivity contribution in [2.24, 2.45) is 7.05 Å². The Hall–Kier alpha value is -1.75. The summed E-state index contributed by atoms with van der Waals surface area (Å²) in [5, 5.41) is 11.1. The molecule has 2 heterocycles. The Labute approximate surface area is 94.5 Å². The van der Waals surface area contributed by atoms with Crippen LogP contribution in [0.1, 0.15) is 22.9 Å². The number of hydrogen-bond donors (Lipinski definition) is 1. The van der Waals surface area contributed by atoms with Gasteiger partial charge in [0.1, 0.15) is 0 Å². The van der Waals surface area contributed by atoms with Crippen LogP contribution in [0, 0.1) is 6.92 Å². The van der Waals surface area contributed by atoms with Gasteiger partial charge in [-0.2, -0.15) is 0 Å². The van der Waals surface area contributed by atoms with Gasteiger partial charge in [0.2, 0.25) is 0 Å². The maximum absolute atomic E-state index is 4.20. The smallest absolute Gasteiger partial charge is 0.0799 e. The SMILES string of the molecule is CNC(c1cncc(C)c1)c1cnnn1C. The standard InChI is InChI=1S/C11H15N5/c1-8-4-9(6-13-5-8)11(12-2)10-7-14-15-16(10)3/h4-7,11-12H,1-3H3. The van der Waals surface area contributed by atoms with Crippen LogP contribution >= 0.6 is 0 Å². The Kier molecular flexibility index (Phi) is 2.96.